The number of carbonyl (C=O) groups excluding carboxylic acids is 4. The Morgan fingerprint density at radius 3 is 2.02 bits per heavy atom. The highest BCUT2D eigenvalue weighted by atomic mass is 16.2. The van der Waals surface area contributed by atoms with Crippen molar-refractivity contribution in [2.24, 2.45) is 17.3 Å². The van der Waals surface area contributed by atoms with Crippen LogP contribution in [0.2, 0.25) is 0 Å². The third kappa shape index (κ3) is 6.13. The lowest BCUT2D eigenvalue weighted by atomic mass is 9.56. The maximum atomic E-state index is 14.5. The zero-order valence-corrected chi connectivity index (χ0v) is 32.3. The van der Waals surface area contributed by atoms with Gasteiger partial charge in [0.05, 0.1) is 5.56 Å². The number of aldehydes is 1. The minimum Gasteiger partial charge on any atom is -0.311 e. The van der Waals surface area contributed by atoms with Crippen LogP contribution in [0.5, 0.6) is 0 Å². The van der Waals surface area contributed by atoms with Crippen LogP contribution in [0.15, 0.2) is 53.1 Å². The molecule has 3 aliphatic carbocycles. The monoisotopic (exact) mass is 676 g/mol. The van der Waals surface area contributed by atoms with Gasteiger partial charge in [0, 0.05) is 41.2 Å². The van der Waals surface area contributed by atoms with Gasteiger partial charge in [0.15, 0.2) is 6.29 Å². The maximum Gasteiger partial charge on any atom is 0.261 e. The predicted octanol–water partition coefficient (Wildman–Crippen LogP) is 9.96. The molecule has 4 unspecified atom stereocenters. The molecule has 6 heteroatoms. The average molecular weight is 677 g/mol. The number of imide groups is 1. The molecular weight excluding hydrogens is 620 g/mol. The van der Waals surface area contributed by atoms with Crippen LogP contribution in [0.3, 0.4) is 0 Å². The molecule has 3 amide bonds. The van der Waals surface area contributed by atoms with E-state index in [9.17, 15) is 19.2 Å². The Bertz CT molecular complexity index is 1860. The van der Waals surface area contributed by atoms with Gasteiger partial charge in [-0.3, -0.25) is 24.1 Å². The standard InChI is InChI=1S/C44H56N2O4/c1-24-18-30(22-47)34(21-33(24)42(50)46(23-48)44(10,11)12)41(49)45(13)40-26(3)20-36-35-19-25(2)39(43(7,8)9)28(5)27(4)37(38(36)29(40)6)32-17-15-14-16-31(32)35/h18-23,31-32,35,37H,4,14-17H2,1-3,5-13H3/b25-19-,39-28+. The molecule has 5 rings (SSSR count). The van der Waals surface area contributed by atoms with Gasteiger partial charge in [-0.25, -0.2) is 0 Å². The first-order valence-corrected chi connectivity index (χ1v) is 18.2. The van der Waals surface area contributed by atoms with Crippen molar-refractivity contribution in [2.75, 3.05) is 11.9 Å². The number of hydrogen-bond donors (Lipinski definition) is 0. The lowest BCUT2D eigenvalue weighted by molar-refractivity contribution is -0.119. The van der Waals surface area contributed by atoms with Crippen LogP contribution in [-0.2, 0) is 4.79 Å². The Kier molecular flexibility index (Phi) is 9.85. The fourth-order valence-electron chi connectivity index (χ4n) is 9.72. The van der Waals surface area contributed by atoms with Crippen molar-refractivity contribution in [3.8, 4) is 0 Å². The highest BCUT2D eigenvalue weighted by molar-refractivity contribution is 6.13. The van der Waals surface area contributed by atoms with Gasteiger partial charge in [0.2, 0.25) is 6.41 Å². The SMILES string of the molecule is C=C1/C(C)=C(C(C)(C)C)\C(C)=C/C2c3cc(C)c(N(C)C(=O)c4cc(C(=O)N(C=O)C(C)(C)C)c(C)cc4C=O)c(C)c3C1C1CCCCC21. The summed E-state index contributed by atoms with van der Waals surface area (Å²) in [6, 6.07) is 5.35. The summed E-state index contributed by atoms with van der Waals surface area (Å²) in [6.45, 7) is 27.5. The Morgan fingerprint density at radius 2 is 1.46 bits per heavy atom. The van der Waals surface area contributed by atoms with Gasteiger partial charge < -0.3 is 4.90 Å². The first kappa shape index (κ1) is 37.2. The first-order chi connectivity index (χ1) is 23.3. The summed E-state index contributed by atoms with van der Waals surface area (Å²) >= 11 is 0. The Hall–Kier alpha value is -4.06. The molecule has 3 aliphatic rings. The third-order valence-electron chi connectivity index (χ3n) is 11.7. The van der Waals surface area contributed by atoms with Crippen LogP contribution < -0.4 is 4.90 Å². The molecule has 2 aromatic rings. The number of carbonyl (C=O) groups is 4. The van der Waals surface area contributed by atoms with E-state index in [0.29, 0.717) is 30.1 Å². The molecule has 4 atom stereocenters. The number of aryl methyl sites for hydroxylation is 2. The molecule has 50 heavy (non-hydrogen) atoms. The number of rotatable bonds is 5. The minimum atomic E-state index is -0.765. The van der Waals surface area contributed by atoms with E-state index in [1.54, 1.807) is 45.7 Å². The van der Waals surface area contributed by atoms with Gasteiger partial charge in [-0.2, -0.15) is 0 Å². The van der Waals surface area contributed by atoms with Crippen molar-refractivity contribution in [1.82, 2.24) is 4.90 Å². The van der Waals surface area contributed by atoms with Gasteiger partial charge in [-0.15, -0.1) is 0 Å². The van der Waals surface area contributed by atoms with E-state index in [2.05, 4.69) is 60.6 Å². The molecule has 2 aromatic carbocycles. The number of amides is 3. The van der Waals surface area contributed by atoms with Crippen LogP contribution in [0.25, 0.3) is 0 Å². The van der Waals surface area contributed by atoms with Crippen molar-refractivity contribution in [3.63, 3.8) is 0 Å². The average Bonchev–Trinajstić information content (AvgIpc) is 3.08. The summed E-state index contributed by atoms with van der Waals surface area (Å²) in [6.07, 6.45) is 8.52. The summed E-state index contributed by atoms with van der Waals surface area (Å²) in [5.41, 5.74) is 10.9. The summed E-state index contributed by atoms with van der Waals surface area (Å²) in [5.74, 6) is 0.490. The van der Waals surface area contributed by atoms with Gasteiger partial charge in [0.1, 0.15) is 0 Å². The van der Waals surface area contributed by atoms with Crippen LogP contribution in [0.4, 0.5) is 5.69 Å². The number of hydrogen-bond acceptors (Lipinski definition) is 4. The van der Waals surface area contributed by atoms with E-state index in [1.165, 1.54) is 58.7 Å². The van der Waals surface area contributed by atoms with Crippen molar-refractivity contribution in [1.29, 1.82) is 0 Å². The minimum absolute atomic E-state index is 0.0440. The zero-order chi connectivity index (χ0) is 37.2. The molecule has 266 valence electrons. The second-order valence-corrected chi connectivity index (χ2v) is 17.1. The lowest BCUT2D eigenvalue weighted by Gasteiger charge is -2.48. The number of fused-ring (bicyclic) bond motifs is 3. The van der Waals surface area contributed by atoms with Gasteiger partial charge in [0.25, 0.3) is 11.8 Å². The number of nitrogens with zero attached hydrogens (tertiary/aromatic N) is 2. The molecule has 0 aromatic heterocycles. The molecule has 0 N–H and O–H groups in total. The third-order valence-corrected chi connectivity index (χ3v) is 11.7. The summed E-state index contributed by atoms with van der Waals surface area (Å²) in [4.78, 5) is 55.3. The van der Waals surface area contributed by atoms with Crippen molar-refractivity contribution >= 4 is 30.2 Å². The summed E-state index contributed by atoms with van der Waals surface area (Å²) in [7, 11) is 1.76. The molecule has 1 saturated carbocycles. The molecule has 0 heterocycles. The molecule has 6 nitrogen and oxygen atoms in total. The normalized spacial score (nSPS) is 24.6. The van der Waals surface area contributed by atoms with E-state index in [-0.39, 0.29) is 39.8 Å². The highest BCUT2D eigenvalue weighted by Gasteiger charge is 2.47. The lowest BCUT2D eigenvalue weighted by Crippen LogP contribution is -2.45. The number of anilines is 1. The van der Waals surface area contributed by atoms with Crippen molar-refractivity contribution < 1.29 is 19.2 Å². The maximum absolute atomic E-state index is 14.5. The summed E-state index contributed by atoms with van der Waals surface area (Å²) < 4.78 is 0. The fraction of sp³-hybridized carbons (Fsp3) is 0.500. The molecule has 2 bridgehead atoms. The van der Waals surface area contributed by atoms with Crippen LogP contribution in [0, 0.1) is 38.0 Å². The van der Waals surface area contributed by atoms with E-state index in [0.717, 1.165) is 28.1 Å². The van der Waals surface area contributed by atoms with Crippen LogP contribution >= 0.6 is 0 Å². The van der Waals surface area contributed by atoms with Crippen LogP contribution in [-0.4, -0.2) is 42.0 Å². The first-order valence-electron chi connectivity index (χ1n) is 18.2. The molecule has 0 saturated heterocycles. The molecule has 0 spiro atoms. The number of allylic oxidation sites excluding steroid dienone is 5. The van der Waals surface area contributed by atoms with Gasteiger partial charge in [-0.1, -0.05) is 57.9 Å². The second-order valence-electron chi connectivity index (χ2n) is 17.1. The smallest absolute Gasteiger partial charge is 0.261 e. The Balaban J connectivity index is 1.70. The Morgan fingerprint density at radius 1 is 0.840 bits per heavy atom. The quantitative estimate of drug-likeness (QED) is 0.296. The predicted molar refractivity (Wildman–Crippen MR) is 203 cm³/mol. The van der Waals surface area contributed by atoms with E-state index < -0.39 is 11.4 Å². The molecular formula is C44H56N2O4. The fourth-order valence-corrected chi connectivity index (χ4v) is 9.72. The van der Waals surface area contributed by atoms with E-state index in [1.807, 2.05) is 0 Å². The molecule has 1 fully saturated rings. The second kappa shape index (κ2) is 13.2. The highest BCUT2D eigenvalue weighted by Crippen LogP contribution is 2.60. The van der Waals surface area contributed by atoms with Gasteiger partial charge >= 0.3 is 0 Å². The van der Waals surface area contributed by atoms with Gasteiger partial charge in [-0.05, 0) is 142 Å². The summed E-state index contributed by atoms with van der Waals surface area (Å²) in [5, 5.41) is 0. The van der Waals surface area contributed by atoms with E-state index >= 15 is 0 Å². The zero-order valence-electron chi connectivity index (χ0n) is 32.3. The van der Waals surface area contributed by atoms with Crippen molar-refractivity contribution in [3.05, 3.63) is 97.7 Å². The Labute approximate surface area is 299 Å². The molecule has 0 radical (unpaired) electrons. The number of benzene rings is 2. The van der Waals surface area contributed by atoms with Crippen LogP contribution in [0.1, 0.15) is 152 Å². The van der Waals surface area contributed by atoms with E-state index in [4.69, 9.17) is 6.58 Å². The van der Waals surface area contributed by atoms with Crippen molar-refractivity contribution in [2.45, 2.75) is 119 Å². The largest absolute Gasteiger partial charge is 0.311 e. The molecule has 0 aliphatic heterocycles. The topological polar surface area (TPSA) is 74.8 Å².